The number of hydrogen-bond donors (Lipinski definition) is 0. The minimum Gasteiger partial charge on any atom is -0.470 e. The average molecular weight is 362 g/mol. The maximum atomic E-state index is 5.51. The third-order valence-electron chi connectivity index (χ3n) is 3.40. The highest BCUT2D eigenvalue weighted by atomic mass is 16.7. The fourth-order valence-corrected chi connectivity index (χ4v) is 2.01. The summed E-state index contributed by atoms with van der Waals surface area (Å²) in [5.41, 5.74) is 2.52. The highest BCUT2D eigenvalue weighted by molar-refractivity contribution is 6.46. The van der Waals surface area contributed by atoms with Gasteiger partial charge in [0.05, 0.1) is 11.9 Å². The highest BCUT2D eigenvalue weighted by Gasteiger charge is 2.21. The van der Waals surface area contributed by atoms with Crippen LogP contribution in [0.5, 0.6) is 0 Å². The molecule has 1 aromatic rings. The molecule has 1 atom stereocenters. The monoisotopic (exact) mass is 362 g/mol. The number of hydrogen-bond acceptors (Lipinski definition) is 9. The van der Waals surface area contributed by atoms with E-state index < -0.39 is 0 Å². The van der Waals surface area contributed by atoms with E-state index in [1.165, 1.54) is 14.2 Å². The average Bonchev–Trinajstić information content (AvgIpc) is 2.67. The summed E-state index contributed by atoms with van der Waals surface area (Å²) in [5.74, 6) is 0.247. The Morgan fingerprint density at radius 3 is 2.65 bits per heavy atom. The molecule has 0 aromatic heterocycles. The fraction of sp³-hybridized carbons (Fsp3) is 0.412. The normalized spacial score (nSPS) is 16.4. The van der Waals surface area contributed by atoms with Crippen LogP contribution in [0.1, 0.15) is 25.0 Å². The van der Waals surface area contributed by atoms with E-state index in [-0.39, 0.29) is 12.0 Å². The van der Waals surface area contributed by atoms with Crippen molar-refractivity contribution in [2.75, 3.05) is 27.4 Å². The Kier molecular flexibility index (Phi) is 7.41. The van der Waals surface area contributed by atoms with Gasteiger partial charge in [-0.25, -0.2) is 0 Å². The molecule has 2 rings (SSSR count). The molecule has 0 fully saturated rings. The molecule has 140 valence electrons. The quantitative estimate of drug-likeness (QED) is 0.522. The van der Waals surface area contributed by atoms with Crippen molar-refractivity contribution in [1.29, 1.82) is 0 Å². The molecule has 0 radical (unpaired) electrons. The van der Waals surface area contributed by atoms with Gasteiger partial charge in [-0.1, -0.05) is 39.7 Å². The summed E-state index contributed by atoms with van der Waals surface area (Å²) in [6.45, 7) is 4.39. The first kappa shape index (κ1) is 19.2. The van der Waals surface area contributed by atoms with E-state index in [1.807, 2.05) is 31.2 Å². The summed E-state index contributed by atoms with van der Waals surface area (Å²) >= 11 is 0. The van der Waals surface area contributed by atoms with Crippen molar-refractivity contribution >= 4 is 23.5 Å². The van der Waals surface area contributed by atoms with Gasteiger partial charge in [0.2, 0.25) is 0 Å². The zero-order chi connectivity index (χ0) is 18.8. The van der Waals surface area contributed by atoms with Gasteiger partial charge in [-0.2, -0.15) is 0 Å². The van der Waals surface area contributed by atoms with E-state index >= 15 is 0 Å². The minimum atomic E-state index is -0.329. The molecule has 0 N–H and O–H groups in total. The molecule has 9 nitrogen and oxygen atoms in total. The van der Waals surface area contributed by atoms with Crippen molar-refractivity contribution in [2.45, 2.75) is 20.0 Å². The summed E-state index contributed by atoms with van der Waals surface area (Å²) in [5, 5.41) is 15.8. The number of nitrogens with zero attached hydrogens (tertiary/aromatic N) is 4. The van der Waals surface area contributed by atoms with E-state index in [0.29, 0.717) is 30.2 Å². The van der Waals surface area contributed by atoms with Gasteiger partial charge in [0.25, 0.3) is 5.90 Å². The van der Waals surface area contributed by atoms with Gasteiger partial charge in [-0.3, -0.25) is 0 Å². The molecular weight excluding hydrogens is 340 g/mol. The molecule has 1 unspecified atom stereocenters. The Balaban J connectivity index is 2.23. The Labute approximate surface area is 151 Å². The number of benzene rings is 1. The van der Waals surface area contributed by atoms with Gasteiger partial charge in [-0.05, 0) is 19.0 Å². The van der Waals surface area contributed by atoms with Gasteiger partial charge in [0, 0.05) is 11.1 Å². The molecule has 1 aliphatic rings. The lowest BCUT2D eigenvalue weighted by Crippen LogP contribution is -2.26. The standard InChI is InChI=1S/C17H22N4O5/c1-12(19-22-3)13(2)26-18-11-14-7-5-6-8-15(14)16(20-23-4)17-21-25-10-9-24-17/h5-8,11,13H,9-10H2,1-4H3. The highest BCUT2D eigenvalue weighted by Crippen LogP contribution is 2.12. The summed E-state index contributed by atoms with van der Waals surface area (Å²) in [6.07, 6.45) is 1.24. The molecule has 0 amide bonds. The van der Waals surface area contributed by atoms with Crippen molar-refractivity contribution in [1.82, 2.24) is 0 Å². The molecule has 0 bridgehead atoms. The first-order chi connectivity index (χ1) is 12.7. The molecule has 1 aromatic carbocycles. The van der Waals surface area contributed by atoms with Crippen LogP contribution in [0.15, 0.2) is 44.9 Å². The van der Waals surface area contributed by atoms with Gasteiger partial charge in [-0.15, -0.1) is 0 Å². The number of oxime groups is 4. The zero-order valence-electron chi connectivity index (χ0n) is 15.2. The maximum Gasteiger partial charge on any atom is 0.280 e. The van der Waals surface area contributed by atoms with Crippen LogP contribution in [0, 0.1) is 0 Å². The third kappa shape index (κ3) is 5.20. The van der Waals surface area contributed by atoms with E-state index in [1.54, 1.807) is 13.1 Å². The van der Waals surface area contributed by atoms with E-state index in [4.69, 9.17) is 24.1 Å². The van der Waals surface area contributed by atoms with Crippen LogP contribution in [-0.4, -0.2) is 57.1 Å². The molecule has 0 saturated carbocycles. The van der Waals surface area contributed by atoms with Crippen LogP contribution >= 0.6 is 0 Å². The molecule has 9 heteroatoms. The second-order valence-corrected chi connectivity index (χ2v) is 5.19. The lowest BCUT2D eigenvalue weighted by molar-refractivity contribution is 0.0672. The van der Waals surface area contributed by atoms with Crippen molar-refractivity contribution in [3.8, 4) is 0 Å². The Hall–Kier alpha value is -3.10. The second-order valence-electron chi connectivity index (χ2n) is 5.19. The van der Waals surface area contributed by atoms with Crippen molar-refractivity contribution in [3.63, 3.8) is 0 Å². The van der Waals surface area contributed by atoms with Crippen LogP contribution in [0.2, 0.25) is 0 Å². The summed E-state index contributed by atoms with van der Waals surface area (Å²) < 4.78 is 5.51. The SMILES string of the molecule is CON=C(C1=NOCCO1)c1ccccc1C=NOC(C)C(C)=NOC. The first-order valence-electron chi connectivity index (χ1n) is 7.98. The molecule has 1 aliphatic heterocycles. The minimum absolute atomic E-state index is 0.247. The summed E-state index contributed by atoms with van der Waals surface area (Å²) in [4.78, 5) is 20.1. The Morgan fingerprint density at radius 1 is 1.19 bits per heavy atom. The summed E-state index contributed by atoms with van der Waals surface area (Å²) in [6, 6.07) is 7.44. The number of ether oxygens (including phenoxy) is 1. The van der Waals surface area contributed by atoms with Crippen molar-refractivity contribution in [2.24, 2.45) is 20.6 Å². The molecule has 0 spiro atoms. The van der Waals surface area contributed by atoms with E-state index in [2.05, 4.69) is 20.6 Å². The molecule has 26 heavy (non-hydrogen) atoms. The van der Waals surface area contributed by atoms with E-state index in [0.717, 1.165) is 5.56 Å². The largest absolute Gasteiger partial charge is 0.470 e. The van der Waals surface area contributed by atoms with Gasteiger partial charge < -0.3 is 24.1 Å². The summed E-state index contributed by atoms with van der Waals surface area (Å²) in [7, 11) is 2.93. The number of rotatable bonds is 8. The van der Waals surface area contributed by atoms with Crippen LogP contribution in [-0.2, 0) is 24.1 Å². The predicted octanol–water partition coefficient (Wildman–Crippen LogP) is 2.16. The van der Waals surface area contributed by atoms with Gasteiger partial charge in [0.15, 0.2) is 18.4 Å². The Bertz CT molecular complexity index is 715. The molecule has 1 heterocycles. The van der Waals surface area contributed by atoms with Crippen molar-refractivity contribution < 1.29 is 24.1 Å². The molecular formula is C17H22N4O5. The van der Waals surface area contributed by atoms with E-state index in [9.17, 15) is 0 Å². The van der Waals surface area contributed by atoms with Crippen LogP contribution in [0.4, 0.5) is 0 Å². The van der Waals surface area contributed by atoms with Crippen LogP contribution in [0.25, 0.3) is 0 Å². The smallest absolute Gasteiger partial charge is 0.280 e. The second kappa shape index (κ2) is 10.0. The van der Waals surface area contributed by atoms with Gasteiger partial charge >= 0.3 is 0 Å². The van der Waals surface area contributed by atoms with Gasteiger partial charge in [0.1, 0.15) is 20.8 Å². The lowest BCUT2D eigenvalue weighted by Gasteiger charge is -2.15. The topological polar surface area (TPSA) is 95.6 Å². The lowest BCUT2D eigenvalue weighted by atomic mass is 10.0. The zero-order valence-corrected chi connectivity index (χ0v) is 15.2. The fourth-order valence-electron chi connectivity index (χ4n) is 2.01. The first-order valence-corrected chi connectivity index (χ1v) is 7.98. The molecule has 0 saturated heterocycles. The van der Waals surface area contributed by atoms with Crippen LogP contribution in [0.3, 0.4) is 0 Å². The predicted molar refractivity (Wildman–Crippen MR) is 97.6 cm³/mol. The maximum absolute atomic E-state index is 5.51. The Morgan fingerprint density at radius 2 is 1.96 bits per heavy atom. The molecule has 0 aliphatic carbocycles. The third-order valence-corrected chi connectivity index (χ3v) is 3.40. The van der Waals surface area contributed by atoms with Crippen LogP contribution < -0.4 is 0 Å². The van der Waals surface area contributed by atoms with Crippen molar-refractivity contribution in [3.05, 3.63) is 35.4 Å².